The van der Waals surface area contributed by atoms with Crippen molar-refractivity contribution in [3.05, 3.63) is 45.6 Å². The molecule has 1 fully saturated rings. The number of imide groups is 1. The third-order valence-corrected chi connectivity index (χ3v) is 3.58. The zero-order valence-corrected chi connectivity index (χ0v) is 12.4. The van der Waals surface area contributed by atoms with Gasteiger partial charge < -0.3 is 10.2 Å². The SMILES string of the molecule is CCOC(=O)C1=C2C(=O)N(c3cccc([N+](=O)[O-])c3)C(=O)C2NN1. The highest BCUT2D eigenvalue weighted by Crippen LogP contribution is 2.31. The highest BCUT2D eigenvalue weighted by molar-refractivity contribution is 6.32. The molecule has 2 N–H and O–H groups in total. The van der Waals surface area contributed by atoms with Crippen LogP contribution in [0.2, 0.25) is 0 Å². The molecule has 0 aromatic heterocycles. The van der Waals surface area contributed by atoms with E-state index in [0.717, 1.165) is 11.0 Å². The number of amides is 2. The van der Waals surface area contributed by atoms with Crippen LogP contribution in [0.5, 0.6) is 0 Å². The topological polar surface area (TPSA) is 131 Å². The minimum Gasteiger partial charge on any atom is -0.461 e. The Morgan fingerprint density at radius 1 is 1.42 bits per heavy atom. The Morgan fingerprint density at radius 3 is 2.83 bits per heavy atom. The molecule has 10 nitrogen and oxygen atoms in total. The largest absolute Gasteiger partial charge is 0.461 e. The normalized spacial score (nSPS) is 19.4. The summed E-state index contributed by atoms with van der Waals surface area (Å²) in [5.41, 5.74) is 4.65. The van der Waals surface area contributed by atoms with E-state index in [1.54, 1.807) is 6.92 Å². The molecule has 1 atom stereocenters. The van der Waals surface area contributed by atoms with E-state index in [0.29, 0.717) is 0 Å². The van der Waals surface area contributed by atoms with E-state index in [4.69, 9.17) is 4.74 Å². The number of hydrogen-bond acceptors (Lipinski definition) is 8. The van der Waals surface area contributed by atoms with Crippen LogP contribution in [-0.4, -0.2) is 35.4 Å². The van der Waals surface area contributed by atoms with E-state index in [1.807, 2.05) is 0 Å². The van der Waals surface area contributed by atoms with Crippen molar-refractivity contribution in [3.63, 3.8) is 0 Å². The number of non-ortho nitro benzene ring substituents is 1. The summed E-state index contributed by atoms with van der Waals surface area (Å²) in [5.74, 6) is -2.13. The van der Waals surface area contributed by atoms with Crippen LogP contribution in [0.1, 0.15) is 6.92 Å². The number of nitro groups is 1. The molecule has 1 aromatic rings. The van der Waals surface area contributed by atoms with E-state index in [2.05, 4.69) is 10.9 Å². The number of hydrazine groups is 1. The maximum Gasteiger partial charge on any atom is 0.356 e. The van der Waals surface area contributed by atoms with Gasteiger partial charge in [-0.15, -0.1) is 0 Å². The van der Waals surface area contributed by atoms with Gasteiger partial charge in [0.2, 0.25) is 0 Å². The number of fused-ring (bicyclic) bond motifs is 1. The molecule has 0 saturated carbocycles. The molecule has 0 radical (unpaired) electrons. The van der Waals surface area contributed by atoms with Crippen molar-refractivity contribution in [2.24, 2.45) is 0 Å². The molecule has 0 spiro atoms. The Kier molecular flexibility index (Phi) is 3.73. The van der Waals surface area contributed by atoms with Crippen molar-refractivity contribution >= 4 is 29.2 Å². The average Bonchev–Trinajstić information content (AvgIpc) is 3.09. The van der Waals surface area contributed by atoms with E-state index < -0.39 is 28.7 Å². The number of anilines is 1. The molecule has 2 heterocycles. The predicted molar refractivity (Wildman–Crippen MR) is 79.3 cm³/mol. The zero-order valence-electron chi connectivity index (χ0n) is 12.4. The fourth-order valence-electron chi connectivity index (χ4n) is 2.55. The van der Waals surface area contributed by atoms with Gasteiger partial charge in [0.05, 0.1) is 22.8 Å². The van der Waals surface area contributed by atoms with E-state index >= 15 is 0 Å². The third-order valence-electron chi connectivity index (χ3n) is 3.58. The van der Waals surface area contributed by atoms with Crippen molar-refractivity contribution in [2.45, 2.75) is 13.0 Å². The standard InChI is InChI=1S/C14H12N4O6/c1-2-24-14(21)11-9-10(15-16-11)13(20)17(12(9)19)7-4-3-5-8(6-7)18(22)23/h3-6,10,15-16H,2H2,1H3. The van der Waals surface area contributed by atoms with Crippen LogP contribution in [0.25, 0.3) is 0 Å². The Morgan fingerprint density at radius 2 is 2.17 bits per heavy atom. The van der Waals surface area contributed by atoms with E-state index in [1.165, 1.54) is 18.2 Å². The second-order valence-corrected chi connectivity index (χ2v) is 4.97. The molecule has 0 bridgehead atoms. The molecule has 2 aliphatic rings. The number of rotatable bonds is 4. The number of nitrogens with one attached hydrogen (secondary N) is 2. The molecule has 2 aliphatic heterocycles. The lowest BCUT2D eigenvalue weighted by molar-refractivity contribution is -0.384. The highest BCUT2D eigenvalue weighted by Gasteiger charge is 2.50. The fourth-order valence-corrected chi connectivity index (χ4v) is 2.55. The van der Waals surface area contributed by atoms with Crippen LogP contribution >= 0.6 is 0 Å². The summed E-state index contributed by atoms with van der Waals surface area (Å²) in [4.78, 5) is 48.0. The number of esters is 1. The predicted octanol–water partition coefficient (Wildman–Crippen LogP) is -0.238. The molecule has 124 valence electrons. The lowest BCUT2D eigenvalue weighted by Gasteiger charge is -2.15. The number of carbonyl (C=O) groups excluding carboxylic acids is 3. The number of nitrogens with zero attached hydrogens (tertiary/aromatic N) is 2. The van der Waals surface area contributed by atoms with E-state index in [9.17, 15) is 24.5 Å². The first-order valence-electron chi connectivity index (χ1n) is 7.01. The highest BCUT2D eigenvalue weighted by atomic mass is 16.6. The number of hydrogen-bond donors (Lipinski definition) is 2. The fraction of sp³-hybridized carbons (Fsp3) is 0.214. The van der Waals surface area contributed by atoms with Gasteiger partial charge >= 0.3 is 5.97 Å². The Hall–Kier alpha value is -3.27. The van der Waals surface area contributed by atoms with Crippen LogP contribution in [0.15, 0.2) is 35.5 Å². The van der Waals surface area contributed by atoms with Crippen molar-refractivity contribution in [2.75, 3.05) is 11.5 Å². The van der Waals surface area contributed by atoms with Crippen molar-refractivity contribution in [3.8, 4) is 0 Å². The van der Waals surface area contributed by atoms with Crippen molar-refractivity contribution in [1.82, 2.24) is 10.9 Å². The summed E-state index contributed by atoms with van der Waals surface area (Å²) in [6, 6.07) is 4.10. The average molecular weight is 332 g/mol. The molecule has 24 heavy (non-hydrogen) atoms. The minimum absolute atomic E-state index is 0.0612. The zero-order chi connectivity index (χ0) is 17.4. The van der Waals surface area contributed by atoms with Crippen molar-refractivity contribution < 1.29 is 24.0 Å². The van der Waals surface area contributed by atoms with Gasteiger partial charge in [-0.05, 0) is 13.0 Å². The summed E-state index contributed by atoms with van der Waals surface area (Å²) < 4.78 is 4.84. The second kappa shape index (κ2) is 5.74. The van der Waals surface area contributed by atoms with Gasteiger partial charge in [-0.1, -0.05) is 6.07 Å². The smallest absolute Gasteiger partial charge is 0.356 e. The Labute approximate surface area is 135 Å². The van der Waals surface area contributed by atoms with Crippen LogP contribution in [-0.2, 0) is 19.1 Å². The molecular weight excluding hydrogens is 320 g/mol. The van der Waals surface area contributed by atoms with Crippen molar-refractivity contribution in [1.29, 1.82) is 0 Å². The maximum atomic E-state index is 12.6. The number of benzene rings is 1. The van der Waals surface area contributed by atoms with Gasteiger partial charge in [0.25, 0.3) is 17.5 Å². The van der Waals surface area contributed by atoms with Crippen LogP contribution in [0, 0.1) is 10.1 Å². The lowest BCUT2D eigenvalue weighted by atomic mass is 10.1. The number of nitro benzene ring substituents is 1. The maximum absolute atomic E-state index is 12.6. The monoisotopic (exact) mass is 332 g/mol. The Bertz CT molecular complexity index is 802. The third kappa shape index (κ3) is 2.29. The van der Waals surface area contributed by atoms with E-state index in [-0.39, 0.29) is 29.3 Å². The summed E-state index contributed by atoms with van der Waals surface area (Å²) in [6.07, 6.45) is 0. The number of carbonyl (C=O) groups is 3. The molecule has 1 aromatic carbocycles. The second-order valence-electron chi connectivity index (χ2n) is 4.97. The molecular formula is C14H12N4O6. The Balaban J connectivity index is 2.01. The first-order valence-corrected chi connectivity index (χ1v) is 7.01. The lowest BCUT2D eigenvalue weighted by Crippen LogP contribution is -2.42. The van der Waals surface area contributed by atoms with Gasteiger partial charge in [-0.3, -0.25) is 19.7 Å². The minimum atomic E-state index is -1.05. The molecule has 1 unspecified atom stereocenters. The van der Waals surface area contributed by atoms with Gasteiger partial charge in [-0.25, -0.2) is 15.1 Å². The quantitative estimate of drug-likeness (QED) is 0.334. The van der Waals surface area contributed by atoms with Gasteiger partial charge in [0, 0.05) is 12.1 Å². The first-order chi connectivity index (χ1) is 11.5. The van der Waals surface area contributed by atoms with Gasteiger partial charge in [0.1, 0.15) is 11.7 Å². The molecule has 1 saturated heterocycles. The summed E-state index contributed by atoms with van der Waals surface area (Å²) in [6.45, 7) is 1.72. The van der Waals surface area contributed by atoms with Crippen LogP contribution < -0.4 is 15.8 Å². The molecule has 0 aliphatic carbocycles. The number of ether oxygens (including phenoxy) is 1. The molecule has 10 heteroatoms. The molecule has 2 amide bonds. The van der Waals surface area contributed by atoms with Crippen LogP contribution in [0.3, 0.4) is 0 Å². The van der Waals surface area contributed by atoms with Gasteiger partial charge in [-0.2, -0.15) is 0 Å². The summed E-state index contributed by atoms with van der Waals surface area (Å²) in [5, 5.41) is 10.9. The summed E-state index contributed by atoms with van der Waals surface area (Å²) >= 11 is 0. The first kappa shape index (κ1) is 15.6. The van der Waals surface area contributed by atoms with Gasteiger partial charge in [0.15, 0.2) is 0 Å². The van der Waals surface area contributed by atoms with Crippen LogP contribution in [0.4, 0.5) is 11.4 Å². The molecule has 3 rings (SSSR count). The summed E-state index contributed by atoms with van der Waals surface area (Å²) in [7, 11) is 0.